The van der Waals surface area contributed by atoms with Crippen LogP contribution in [0.2, 0.25) is 0 Å². The summed E-state index contributed by atoms with van der Waals surface area (Å²) in [5.74, 6) is -0.439. The van der Waals surface area contributed by atoms with E-state index in [0.29, 0.717) is 10.6 Å². The SMILES string of the molecule is COC(=O)c1sc2nc(-c3ccc(C)cc3)cc(-c3ccccc3)c2c1N. The van der Waals surface area contributed by atoms with Crippen LogP contribution in [0.1, 0.15) is 15.2 Å². The molecule has 134 valence electrons. The molecule has 0 saturated heterocycles. The monoisotopic (exact) mass is 374 g/mol. The highest BCUT2D eigenvalue weighted by Gasteiger charge is 2.21. The van der Waals surface area contributed by atoms with Crippen LogP contribution in [-0.4, -0.2) is 18.1 Å². The Bertz CT molecular complexity index is 1130. The highest BCUT2D eigenvalue weighted by molar-refractivity contribution is 7.21. The lowest BCUT2D eigenvalue weighted by Crippen LogP contribution is -2.01. The average molecular weight is 374 g/mol. The lowest BCUT2D eigenvalue weighted by Gasteiger charge is -2.09. The maximum absolute atomic E-state index is 12.1. The normalized spacial score (nSPS) is 10.9. The van der Waals surface area contributed by atoms with Crippen molar-refractivity contribution in [1.82, 2.24) is 4.98 Å². The minimum absolute atomic E-state index is 0.387. The Kier molecular flexibility index (Phi) is 4.38. The van der Waals surface area contributed by atoms with Crippen LogP contribution in [0.25, 0.3) is 32.6 Å². The van der Waals surface area contributed by atoms with E-state index in [-0.39, 0.29) is 0 Å². The predicted molar refractivity (Wildman–Crippen MR) is 111 cm³/mol. The number of hydrogen-bond donors (Lipinski definition) is 1. The van der Waals surface area contributed by atoms with Gasteiger partial charge in [0, 0.05) is 10.9 Å². The quantitative estimate of drug-likeness (QED) is 0.494. The van der Waals surface area contributed by atoms with Crippen LogP contribution < -0.4 is 5.73 Å². The molecular formula is C22H18N2O2S. The third kappa shape index (κ3) is 3.06. The van der Waals surface area contributed by atoms with Gasteiger partial charge in [-0.05, 0) is 24.1 Å². The summed E-state index contributed by atoms with van der Waals surface area (Å²) in [4.78, 5) is 18.0. The first-order chi connectivity index (χ1) is 13.1. The van der Waals surface area contributed by atoms with Crippen LogP contribution in [0.3, 0.4) is 0 Å². The van der Waals surface area contributed by atoms with Gasteiger partial charge in [-0.3, -0.25) is 0 Å². The van der Waals surface area contributed by atoms with Crippen molar-refractivity contribution in [2.75, 3.05) is 12.8 Å². The van der Waals surface area contributed by atoms with E-state index in [0.717, 1.165) is 32.6 Å². The number of methoxy groups -OCH3 is 1. The fourth-order valence-corrected chi connectivity index (χ4v) is 4.12. The molecule has 0 amide bonds. The maximum Gasteiger partial charge on any atom is 0.350 e. The number of thiophene rings is 1. The van der Waals surface area contributed by atoms with Crippen molar-refractivity contribution in [3.05, 3.63) is 71.1 Å². The zero-order chi connectivity index (χ0) is 19.0. The van der Waals surface area contributed by atoms with E-state index >= 15 is 0 Å². The lowest BCUT2D eigenvalue weighted by molar-refractivity contribution is 0.0607. The molecule has 0 spiro atoms. The number of carbonyl (C=O) groups excluding carboxylic acids is 1. The second-order valence-corrected chi connectivity index (χ2v) is 7.30. The Morgan fingerprint density at radius 1 is 1.04 bits per heavy atom. The van der Waals surface area contributed by atoms with Crippen molar-refractivity contribution in [3.63, 3.8) is 0 Å². The molecule has 2 aromatic heterocycles. The molecule has 2 heterocycles. The number of hydrogen-bond acceptors (Lipinski definition) is 5. The Morgan fingerprint density at radius 2 is 1.74 bits per heavy atom. The number of aromatic nitrogens is 1. The smallest absolute Gasteiger partial charge is 0.350 e. The van der Waals surface area contributed by atoms with E-state index in [9.17, 15) is 4.79 Å². The Morgan fingerprint density at radius 3 is 2.41 bits per heavy atom. The van der Waals surface area contributed by atoms with Crippen LogP contribution in [0.15, 0.2) is 60.7 Å². The molecule has 0 atom stereocenters. The first-order valence-corrected chi connectivity index (χ1v) is 9.34. The number of carbonyl (C=O) groups is 1. The number of nitrogen functional groups attached to an aromatic ring is 1. The molecule has 4 nitrogen and oxygen atoms in total. The molecule has 27 heavy (non-hydrogen) atoms. The van der Waals surface area contributed by atoms with Gasteiger partial charge in [-0.15, -0.1) is 11.3 Å². The highest BCUT2D eigenvalue weighted by atomic mass is 32.1. The molecule has 0 radical (unpaired) electrons. The third-order valence-electron chi connectivity index (χ3n) is 4.50. The van der Waals surface area contributed by atoms with Gasteiger partial charge in [0.15, 0.2) is 0 Å². The summed E-state index contributed by atoms with van der Waals surface area (Å²) in [5, 5.41) is 0.794. The fourth-order valence-electron chi connectivity index (χ4n) is 3.08. The Hall–Kier alpha value is -3.18. The van der Waals surface area contributed by atoms with E-state index < -0.39 is 5.97 Å². The molecule has 0 aliphatic carbocycles. The number of pyridine rings is 1. The molecule has 4 rings (SSSR count). The van der Waals surface area contributed by atoms with Gasteiger partial charge >= 0.3 is 5.97 Å². The van der Waals surface area contributed by atoms with Gasteiger partial charge in [0.2, 0.25) is 0 Å². The molecule has 2 N–H and O–H groups in total. The molecule has 0 bridgehead atoms. The summed E-state index contributed by atoms with van der Waals surface area (Å²) >= 11 is 1.27. The summed E-state index contributed by atoms with van der Waals surface area (Å²) in [7, 11) is 1.36. The molecule has 0 aliphatic rings. The summed E-state index contributed by atoms with van der Waals surface area (Å²) in [6.07, 6.45) is 0. The fraction of sp³-hybridized carbons (Fsp3) is 0.0909. The van der Waals surface area contributed by atoms with Crippen LogP contribution in [0, 0.1) is 6.92 Å². The van der Waals surface area contributed by atoms with Crippen molar-refractivity contribution in [2.24, 2.45) is 0 Å². The number of esters is 1. The molecule has 0 saturated carbocycles. The topological polar surface area (TPSA) is 65.2 Å². The van der Waals surface area contributed by atoms with Gasteiger partial charge in [-0.2, -0.15) is 0 Å². The van der Waals surface area contributed by atoms with Gasteiger partial charge in [0.1, 0.15) is 9.71 Å². The van der Waals surface area contributed by atoms with Crippen molar-refractivity contribution >= 4 is 33.2 Å². The van der Waals surface area contributed by atoms with E-state index in [1.807, 2.05) is 36.4 Å². The number of nitrogens with two attached hydrogens (primary N) is 1. The number of ether oxygens (including phenoxy) is 1. The van der Waals surface area contributed by atoms with Crippen molar-refractivity contribution in [2.45, 2.75) is 6.92 Å². The second-order valence-electron chi connectivity index (χ2n) is 6.30. The van der Waals surface area contributed by atoms with Gasteiger partial charge in [0.05, 0.1) is 18.5 Å². The number of anilines is 1. The number of aryl methyl sites for hydroxylation is 1. The van der Waals surface area contributed by atoms with Crippen molar-refractivity contribution in [3.8, 4) is 22.4 Å². The molecule has 2 aromatic carbocycles. The largest absolute Gasteiger partial charge is 0.465 e. The third-order valence-corrected chi connectivity index (χ3v) is 5.58. The first kappa shape index (κ1) is 17.2. The van der Waals surface area contributed by atoms with E-state index in [1.54, 1.807) is 0 Å². The van der Waals surface area contributed by atoms with Gasteiger partial charge in [0.25, 0.3) is 0 Å². The summed E-state index contributed by atoms with van der Waals surface area (Å²) in [5.41, 5.74) is 11.8. The number of fused-ring (bicyclic) bond motifs is 1. The van der Waals surface area contributed by atoms with Crippen molar-refractivity contribution < 1.29 is 9.53 Å². The van der Waals surface area contributed by atoms with Gasteiger partial charge < -0.3 is 10.5 Å². The molecule has 0 aliphatic heterocycles. The van der Waals surface area contributed by atoms with Gasteiger partial charge in [-0.25, -0.2) is 9.78 Å². The average Bonchev–Trinajstić information content (AvgIpc) is 3.04. The lowest BCUT2D eigenvalue weighted by atomic mass is 9.99. The van der Waals surface area contributed by atoms with Crippen LogP contribution >= 0.6 is 11.3 Å². The summed E-state index contributed by atoms with van der Waals surface area (Å²) < 4.78 is 4.88. The van der Waals surface area contributed by atoms with Crippen LogP contribution in [0.4, 0.5) is 5.69 Å². The first-order valence-electron chi connectivity index (χ1n) is 8.52. The highest BCUT2D eigenvalue weighted by Crippen LogP contribution is 2.41. The maximum atomic E-state index is 12.1. The predicted octanol–water partition coefficient (Wildman–Crippen LogP) is 5.31. The van der Waals surface area contributed by atoms with Crippen LogP contribution in [-0.2, 0) is 4.74 Å². The summed E-state index contributed by atoms with van der Waals surface area (Å²) in [6, 6.07) is 20.3. The zero-order valence-electron chi connectivity index (χ0n) is 15.0. The molecule has 5 heteroatoms. The standard InChI is InChI=1S/C22H18N2O2S/c1-13-8-10-15(11-9-13)17-12-16(14-6-4-3-5-7-14)18-19(23)20(22(25)26-2)27-21(18)24-17/h3-12H,23H2,1-2H3. The Balaban J connectivity index is 2.03. The zero-order valence-corrected chi connectivity index (χ0v) is 15.8. The number of rotatable bonds is 3. The summed E-state index contributed by atoms with van der Waals surface area (Å²) in [6.45, 7) is 2.05. The van der Waals surface area contributed by atoms with E-state index in [4.69, 9.17) is 15.5 Å². The van der Waals surface area contributed by atoms with Gasteiger partial charge in [-0.1, -0.05) is 60.2 Å². The number of benzene rings is 2. The molecule has 0 fully saturated rings. The second kappa shape index (κ2) is 6.85. The van der Waals surface area contributed by atoms with Crippen molar-refractivity contribution in [1.29, 1.82) is 0 Å². The molecular weight excluding hydrogens is 356 g/mol. The minimum Gasteiger partial charge on any atom is -0.465 e. The van der Waals surface area contributed by atoms with E-state index in [1.165, 1.54) is 24.0 Å². The molecule has 0 unspecified atom stereocenters. The molecule has 4 aromatic rings. The van der Waals surface area contributed by atoms with E-state index in [2.05, 4.69) is 31.2 Å². The minimum atomic E-state index is -0.439. The van der Waals surface area contributed by atoms with Crippen LogP contribution in [0.5, 0.6) is 0 Å². The number of nitrogens with zero attached hydrogens (tertiary/aromatic N) is 1. The Labute approximate surface area is 161 Å².